The molecule has 70 valence electrons. The van der Waals surface area contributed by atoms with E-state index in [1.165, 1.54) is 11.8 Å². The van der Waals surface area contributed by atoms with E-state index in [2.05, 4.69) is 4.98 Å². The molecule has 13 heavy (non-hydrogen) atoms. The van der Waals surface area contributed by atoms with E-state index < -0.39 is 0 Å². The molecule has 0 aliphatic heterocycles. The number of thiocarbonyl (C=S) groups is 1. The van der Waals surface area contributed by atoms with Crippen LogP contribution in [0.15, 0.2) is 18.3 Å². The number of ether oxygens (including phenoxy) is 1. The number of thioether (sulfide) groups is 1. The molecule has 1 rings (SSSR count). The molecule has 0 aliphatic carbocycles. The van der Waals surface area contributed by atoms with Crippen LogP contribution in [-0.4, -0.2) is 15.6 Å². The van der Waals surface area contributed by atoms with Crippen molar-refractivity contribution >= 4 is 40.0 Å². The fraction of sp³-hybridized carbons (Fsp3) is 0.250. The van der Waals surface area contributed by atoms with Gasteiger partial charge in [0.05, 0.1) is 10.7 Å². The van der Waals surface area contributed by atoms with Gasteiger partial charge >= 0.3 is 0 Å². The molecule has 0 aliphatic rings. The lowest BCUT2D eigenvalue weighted by molar-refractivity contribution is 0.305. The van der Waals surface area contributed by atoms with Gasteiger partial charge in [0.25, 0.3) is 0 Å². The molecule has 0 unspecified atom stereocenters. The fourth-order valence-corrected chi connectivity index (χ4v) is 1.03. The molecule has 0 aromatic carbocycles. The third kappa shape index (κ3) is 3.93. The van der Waals surface area contributed by atoms with Gasteiger partial charge in [0.2, 0.25) is 4.38 Å². The molecular weight excluding hydrogens is 226 g/mol. The van der Waals surface area contributed by atoms with Crippen LogP contribution >= 0.6 is 35.6 Å². The Morgan fingerprint density at radius 1 is 1.69 bits per heavy atom. The summed E-state index contributed by atoms with van der Waals surface area (Å²) < 4.78 is 5.73. The van der Waals surface area contributed by atoms with Crippen molar-refractivity contribution in [3.05, 3.63) is 29.0 Å². The second-order valence-electron chi connectivity index (χ2n) is 2.21. The highest BCUT2D eigenvalue weighted by atomic mass is 35.5. The molecule has 0 saturated carbocycles. The van der Waals surface area contributed by atoms with E-state index in [4.69, 9.17) is 28.6 Å². The minimum absolute atomic E-state index is 0.400. The first-order valence-corrected chi connectivity index (χ1v) is 5.54. The molecular formula is C8H8ClNOS2. The van der Waals surface area contributed by atoms with Crippen molar-refractivity contribution in [2.75, 3.05) is 6.26 Å². The zero-order chi connectivity index (χ0) is 9.68. The SMILES string of the molecule is CSC(=S)OCc1ccc(Cl)cn1. The second-order valence-corrected chi connectivity index (χ2v) is 4.06. The first kappa shape index (κ1) is 10.8. The Morgan fingerprint density at radius 3 is 3.00 bits per heavy atom. The van der Waals surface area contributed by atoms with Gasteiger partial charge in [-0.15, -0.1) is 0 Å². The highest BCUT2D eigenvalue weighted by molar-refractivity contribution is 8.22. The molecule has 5 heteroatoms. The third-order valence-electron chi connectivity index (χ3n) is 1.29. The quantitative estimate of drug-likeness (QED) is 0.733. The lowest BCUT2D eigenvalue weighted by Crippen LogP contribution is -1.98. The van der Waals surface area contributed by atoms with Gasteiger partial charge in [-0.25, -0.2) is 0 Å². The molecule has 0 spiro atoms. The predicted octanol–water partition coefficient (Wildman–Crippen LogP) is 2.90. The number of rotatable bonds is 2. The van der Waals surface area contributed by atoms with Crippen LogP contribution in [-0.2, 0) is 11.3 Å². The third-order valence-corrected chi connectivity index (χ3v) is 2.59. The van der Waals surface area contributed by atoms with Crippen LogP contribution < -0.4 is 0 Å². The molecule has 0 amide bonds. The Morgan fingerprint density at radius 2 is 2.46 bits per heavy atom. The van der Waals surface area contributed by atoms with E-state index in [9.17, 15) is 0 Å². The van der Waals surface area contributed by atoms with Crippen molar-refractivity contribution in [3.63, 3.8) is 0 Å². The molecule has 2 nitrogen and oxygen atoms in total. The van der Waals surface area contributed by atoms with Gasteiger partial charge in [-0.05, 0) is 30.6 Å². The van der Waals surface area contributed by atoms with Gasteiger partial charge in [0.15, 0.2) is 0 Å². The Bertz CT molecular complexity index is 289. The summed E-state index contributed by atoms with van der Waals surface area (Å²) in [5.74, 6) is 0. The van der Waals surface area contributed by atoms with Gasteiger partial charge in [0.1, 0.15) is 6.61 Å². The van der Waals surface area contributed by atoms with Crippen LogP contribution in [0.5, 0.6) is 0 Å². The summed E-state index contributed by atoms with van der Waals surface area (Å²) in [4.78, 5) is 4.06. The van der Waals surface area contributed by atoms with Crippen molar-refractivity contribution in [3.8, 4) is 0 Å². The number of aromatic nitrogens is 1. The maximum absolute atomic E-state index is 5.67. The van der Waals surface area contributed by atoms with Crippen LogP contribution in [0.1, 0.15) is 5.69 Å². The normalized spacial score (nSPS) is 9.69. The highest BCUT2D eigenvalue weighted by Crippen LogP contribution is 2.08. The Balaban J connectivity index is 2.46. The van der Waals surface area contributed by atoms with E-state index in [0.717, 1.165) is 5.69 Å². The Hall–Kier alpha value is -0.320. The minimum atomic E-state index is 0.400. The Kier molecular flexibility index (Phi) is 4.48. The molecule has 1 aromatic rings. The van der Waals surface area contributed by atoms with Gasteiger partial charge in [-0.3, -0.25) is 4.98 Å². The molecule has 0 radical (unpaired) electrons. The van der Waals surface area contributed by atoms with E-state index in [1.54, 1.807) is 12.3 Å². The lowest BCUT2D eigenvalue weighted by atomic mass is 10.4. The molecule has 0 N–H and O–H groups in total. The second kappa shape index (κ2) is 5.42. The first-order valence-electron chi connectivity index (χ1n) is 3.53. The van der Waals surface area contributed by atoms with Crippen molar-refractivity contribution in [2.45, 2.75) is 6.61 Å². The molecule has 0 fully saturated rings. The molecule has 0 bridgehead atoms. The van der Waals surface area contributed by atoms with Gasteiger partial charge in [-0.2, -0.15) is 0 Å². The van der Waals surface area contributed by atoms with Gasteiger partial charge < -0.3 is 4.74 Å². The zero-order valence-electron chi connectivity index (χ0n) is 6.99. The number of nitrogens with zero attached hydrogens (tertiary/aromatic N) is 1. The van der Waals surface area contributed by atoms with Crippen LogP contribution in [0.25, 0.3) is 0 Å². The summed E-state index contributed by atoms with van der Waals surface area (Å²) in [5.41, 5.74) is 0.820. The molecule has 1 heterocycles. The first-order chi connectivity index (χ1) is 6.22. The van der Waals surface area contributed by atoms with Crippen molar-refractivity contribution < 1.29 is 4.74 Å². The minimum Gasteiger partial charge on any atom is -0.472 e. The van der Waals surface area contributed by atoms with Gasteiger partial charge in [-0.1, -0.05) is 23.4 Å². The number of halogens is 1. The maximum atomic E-state index is 5.67. The molecule has 0 saturated heterocycles. The van der Waals surface area contributed by atoms with Gasteiger partial charge in [0, 0.05) is 6.20 Å². The van der Waals surface area contributed by atoms with Crippen molar-refractivity contribution in [1.82, 2.24) is 4.98 Å². The summed E-state index contributed by atoms with van der Waals surface area (Å²) in [6.45, 7) is 0.400. The summed E-state index contributed by atoms with van der Waals surface area (Å²) in [7, 11) is 0. The monoisotopic (exact) mass is 233 g/mol. The summed E-state index contributed by atoms with van der Waals surface area (Å²) in [5, 5.41) is 0.621. The number of hydrogen-bond acceptors (Lipinski definition) is 4. The fourth-order valence-electron chi connectivity index (χ4n) is 0.684. The van der Waals surface area contributed by atoms with Crippen molar-refractivity contribution in [2.24, 2.45) is 0 Å². The smallest absolute Gasteiger partial charge is 0.220 e. The zero-order valence-corrected chi connectivity index (χ0v) is 9.38. The van der Waals surface area contributed by atoms with Crippen LogP contribution in [0.2, 0.25) is 5.02 Å². The van der Waals surface area contributed by atoms with Crippen LogP contribution in [0.3, 0.4) is 0 Å². The number of hydrogen-bond donors (Lipinski definition) is 0. The van der Waals surface area contributed by atoms with Crippen LogP contribution in [0.4, 0.5) is 0 Å². The predicted molar refractivity (Wildman–Crippen MR) is 60.1 cm³/mol. The lowest BCUT2D eigenvalue weighted by Gasteiger charge is -2.03. The number of pyridine rings is 1. The topological polar surface area (TPSA) is 22.1 Å². The van der Waals surface area contributed by atoms with E-state index in [0.29, 0.717) is 16.0 Å². The van der Waals surface area contributed by atoms with E-state index in [-0.39, 0.29) is 0 Å². The standard InChI is InChI=1S/C8H8ClNOS2/c1-13-8(12)11-5-7-3-2-6(9)4-10-7/h2-4H,5H2,1H3. The Labute approximate surface area is 91.6 Å². The summed E-state index contributed by atoms with van der Waals surface area (Å²) >= 11 is 11.9. The van der Waals surface area contributed by atoms with Crippen LogP contribution in [0, 0.1) is 0 Å². The maximum Gasteiger partial charge on any atom is 0.220 e. The highest BCUT2D eigenvalue weighted by Gasteiger charge is 1.97. The summed E-state index contributed by atoms with van der Waals surface area (Å²) in [6.07, 6.45) is 3.46. The summed E-state index contributed by atoms with van der Waals surface area (Å²) in [6, 6.07) is 3.58. The van der Waals surface area contributed by atoms with Crippen molar-refractivity contribution in [1.29, 1.82) is 0 Å². The average Bonchev–Trinajstić information content (AvgIpc) is 2.16. The average molecular weight is 234 g/mol. The molecule has 1 aromatic heterocycles. The molecule has 0 atom stereocenters. The van der Waals surface area contributed by atoms with E-state index in [1.807, 2.05) is 12.3 Å². The largest absolute Gasteiger partial charge is 0.472 e. The van der Waals surface area contributed by atoms with E-state index >= 15 is 0 Å².